The Morgan fingerprint density at radius 2 is 1.77 bits per heavy atom. The van der Waals surface area contributed by atoms with E-state index in [1.54, 1.807) is 22.7 Å². The number of hydrogen-bond acceptors (Lipinski definition) is 11. The monoisotopic (exact) mass is 918 g/mol. The lowest BCUT2D eigenvalue weighted by Gasteiger charge is -2.60. The van der Waals surface area contributed by atoms with Crippen LogP contribution in [-0.2, 0) is 25.6 Å². The Morgan fingerprint density at radius 3 is 2.56 bits per heavy atom. The van der Waals surface area contributed by atoms with Crippen molar-refractivity contribution in [2.75, 3.05) is 45.4 Å². The van der Waals surface area contributed by atoms with Crippen LogP contribution in [0.1, 0.15) is 88.2 Å². The van der Waals surface area contributed by atoms with Crippen LogP contribution in [0.4, 0.5) is 4.79 Å². The molecule has 1 saturated heterocycles. The van der Waals surface area contributed by atoms with Crippen LogP contribution in [0.2, 0.25) is 0 Å². The van der Waals surface area contributed by atoms with Crippen molar-refractivity contribution < 1.29 is 43.5 Å². The normalized spacial score (nSPS) is 25.0. The first kappa shape index (κ1) is 47.6. The molecule has 4 aromatic rings. The molecule has 4 aromatic carbocycles. The van der Waals surface area contributed by atoms with Gasteiger partial charge in [0, 0.05) is 48.2 Å². The van der Waals surface area contributed by atoms with Crippen LogP contribution in [0.5, 0.6) is 11.5 Å². The number of carbonyl (C=O) groups is 1. The number of ether oxygens (including phenoxy) is 5. The summed E-state index contributed by atoms with van der Waals surface area (Å²) in [5.74, 6) is 0.243. The number of carbonyl (C=O) groups excluding carboxylic acids is 1. The number of allylic oxidation sites excluding steroid dienone is 1. The molecule has 0 spiro atoms. The maximum atomic E-state index is 14.8. The van der Waals surface area contributed by atoms with Gasteiger partial charge in [-0.1, -0.05) is 90.8 Å². The molecule has 2 heterocycles. The summed E-state index contributed by atoms with van der Waals surface area (Å²) in [6.45, 7) is 7.80. The molecule has 2 fully saturated rings. The Hall–Kier alpha value is -4.85. The Balaban J connectivity index is 1.29. The van der Waals surface area contributed by atoms with Gasteiger partial charge in [-0.05, 0) is 110 Å². The molecular weight excluding hydrogens is 853 g/mol. The van der Waals surface area contributed by atoms with Crippen molar-refractivity contribution in [3.05, 3.63) is 126 Å². The van der Waals surface area contributed by atoms with Crippen molar-refractivity contribution in [3.63, 3.8) is 0 Å². The van der Waals surface area contributed by atoms with Crippen LogP contribution >= 0.6 is 11.8 Å². The molecule has 12 heteroatoms. The molecule has 352 valence electrons. The zero-order valence-corrected chi connectivity index (χ0v) is 39.1. The van der Waals surface area contributed by atoms with Crippen LogP contribution < -0.4 is 9.47 Å². The number of aliphatic hydroxyl groups is 2. The van der Waals surface area contributed by atoms with E-state index < -0.39 is 30.1 Å². The van der Waals surface area contributed by atoms with Gasteiger partial charge in [0.05, 0.1) is 44.6 Å². The maximum Gasteiger partial charge on any atom is 0.410 e. The highest BCUT2D eigenvalue weighted by Crippen LogP contribution is 2.62. The quantitative estimate of drug-likeness (QED) is 0.0340. The highest BCUT2D eigenvalue weighted by Gasteiger charge is 2.65. The number of nitrogens with zero attached hydrogens (tertiary/aromatic N) is 2. The van der Waals surface area contributed by atoms with E-state index in [4.69, 9.17) is 33.7 Å². The molecule has 11 nitrogen and oxygen atoms in total. The predicted octanol–water partition coefficient (Wildman–Crippen LogP) is 10.8. The van der Waals surface area contributed by atoms with Gasteiger partial charge in [0.25, 0.3) is 0 Å². The van der Waals surface area contributed by atoms with Gasteiger partial charge in [0.15, 0.2) is 0 Å². The zero-order valence-electron chi connectivity index (χ0n) is 38.3. The lowest BCUT2D eigenvalue weighted by atomic mass is 9.55. The van der Waals surface area contributed by atoms with E-state index in [2.05, 4.69) is 55.1 Å². The molecule has 66 heavy (non-hydrogen) atoms. The second-order valence-corrected chi connectivity index (χ2v) is 18.8. The molecular formula is C54H66N2O9S. The van der Waals surface area contributed by atoms with E-state index in [-0.39, 0.29) is 57.1 Å². The lowest BCUT2D eigenvalue weighted by Crippen LogP contribution is -2.70. The third-order valence-corrected chi connectivity index (χ3v) is 14.5. The largest absolute Gasteiger partial charge is 0.493 e. The molecule has 2 N–H and O–H groups in total. The predicted molar refractivity (Wildman–Crippen MR) is 259 cm³/mol. The summed E-state index contributed by atoms with van der Waals surface area (Å²) in [7, 11) is 0. The molecule has 2 aliphatic carbocycles. The first-order valence-corrected chi connectivity index (χ1v) is 25.0. The number of unbranched alkanes of at least 4 members (excludes halogenated alkanes) is 2. The Kier molecular flexibility index (Phi) is 16.8. The summed E-state index contributed by atoms with van der Waals surface area (Å²) in [6, 6.07) is 30.1. The van der Waals surface area contributed by atoms with Gasteiger partial charge >= 0.3 is 6.09 Å². The fourth-order valence-electron chi connectivity index (χ4n) is 10.6. The van der Waals surface area contributed by atoms with E-state index in [0.717, 1.165) is 83.9 Å². The van der Waals surface area contributed by atoms with Crippen molar-refractivity contribution in [2.45, 2.75) is 107 Å². The minimum atomic E-state index is -1.44. The summed E-state index contributed by atoms with van der Waals surface area (Å²) in [5, 5.41) is 27.2. The standard InChI is InChI=1S/C54H66N2O9S/c1-3-30-63-54-49(56(53(59)60-4-2)37-40-20-16-19-38-17-8-9-23-43(38)40)36-47(55-65-50-25-12-15-31-62-50)45-34-39(18-10-13-28-57)44(24-11-14-29-58)51(52(45)54)46-35-41(26-27-48(46)64-54)61-32-33-66-42-21-6-5-7-22-42/h3,5-9,16-17,19-23,26-27,34-35,39,44,49-52,57-58H,1,4,10-15,18,24-25,28-33,36-37H2,2H3/t39-,44+,49-,50?,51+,52+,54+/m0/s1. The highest BCUT2D eigenvalue weighted by molar-refractivity contribution is 7.99. The Morgan fingerprint density at radius 1 is 0.970 bits per heavy atom. The molecule has 0 aromatic heterocycles. The maximum absolute atomic E-state index is 14.8. The minimum Gasteiger partial charge on any atom is -0.493 e. The van der Waals surface area contributed by atoms with Gasteiger partial charge in [-0.15, -0.1) is 18.3 Å². The molecule has 1 unspecified atom stereocenters. The van der Waals surface area contributed by atoms with Crippen LogP contribution in [-0.4, -0.2) is 90.4 Å². The van der Waals surface area contributed by atoms with Gasteiger partial charge in [-0.25, -0.2) is 4.79 Å². The molecule has 8 rings (SSSR count). The SMILES string of the molecule is C=CCO[C@@]12Oc3ccc(OCCSc4ccccc4)cc3[C@H]3[C@H](CCCCO)[C@@H](CCCCO)C=C(C(=NOC4CCCCO4)C[C@@H]1N(Cc1cccc4ccccc14)C(=O)OCC)[C@H]32. The van der Waals surface area contributed by atoms with Gasteiger partial charge in [0.1, 0.15) is 17.5 Å². The first-order chi connectivity index (χ1) is 32.5. The Labute approximate surface area is 394 Å². The van der Waals surface area contributed by atoms with Crippen molar-refractivity contribution in [1.29, 1.82) is 0 Å². The zero-order chi connectivity index (χ0) is 45.7. The van der Waals surface area contributed by atoms with Gasteiger partial charge in [-0.2, -0.15) is 0 Å². The fraction of sp³-hybridized carbons (Fsp3) is 0.481. The summed E-state index contributed by atoms with van der Waals surface area (Å²) in [4.78, 5) is 24.1. The second-order valence-electron chi connectivity index (χ2n) is 17.6. The fourth-order valence-corrected chi connectivity index (χ4v) is 11.4. The van der Waals surface area contributed by atoms with E-state index in [9.17, 15) is 15.0 Å². The summed E-state index contributed by atoms with van der Waals surface area (Å²) < 4.78 is 33.2. The second kappa shape index (κ2) is 23.2. The lowest BCUT2D eigenvalue weighted by molar-refractivity contribution is -0.256. The smallest absolute Gasteiger partial charge is 0.410 e. The number of hydrogen-bond donors (Lipinski definition) is 2. The minimum absolute atomic E-state index is 0.0685. The van der Waals surface area contributed by atoms with Crippen molar-refractivity contribution >= 4 is 34.3 Å². The molecule has 1 amide bonds. The third kappa shape index (κ3) is 10.8. The number of aliphatic hydroxyl groups excluding tert-OH is 2. The molecule has 0 bridgehead atoms. The summed E-state index contributed by atoms with van der Waals surface area (Å²) >= 11 is 1.75. The number of rotatable bonds is 22. The number of oxime groups is 1. The van der Waals surface area contributed by atoms with Crippen LogP contribution in [0.15, 0.2) is 125 Å². The van der Waals surface area contributed by atoms with E-state index >= 15 is 0 Å². The van der Waals surface area contributed by atoms with E-state index in [0.29, 0.717) is 37.5 Å². The molecule has 1 saturated carbocycles. The van der Waals surface area contributed by atoms with Crippen molar-refractivity contribution in [2.24, 2.45) is 22.9 Å². The average molecular weight is 919 g/mol. The van der Waals surface area contributed by atoms with E-state index in [1.165, 1.54) is 4.90 Å². The van der Waals surface area contributed by atoms with Crippen molar-refractivity contribution in [3.8, 4) is 11.5 Å². The highest BCUT2D eigenvalue weighted by atomic mass is 32.2. The topological polar surface area (TPSA) is 129 Å². The average Bonchev–Trinajstić information content (AvgIpc) is 3.35. The number of fused-ring (bicyclic) bond motifs is 3. The molecule has 0 radical (unpaired) electrons. The Bertz CT molecular complexity index is 2280. The summed E-state index contributed by atoms with van der Waals surface area (Å²) in [6.07, 6.45) is 10.7. The van der Waals surface area contributed by atoms with Gasteiger partial charge in [-0.3, -0.25) is 4.90 Å². The van der Waals surface area contributed by atoms with Gasteiger partial charge < -0.3 is 38.7 Å². The summed E-state index contributed by atoms with van der Waals surface area (Å²) in [5.41, 5.74) is 3.65. The van der Waals surface area contributed by atoms with Crippen LogP contribution in [0.25, 0.3) is 10.8 Å². The molecule has 7 atom stereocenters. The number of amides is 1. The van der Waals surface area contributed by atoms with Gasteiger partial charge in [0.2, 0.25) is 12.1 Å². The molecule has 2 aliphatic heterocycles. The van der Waals surface area contributed by atoms with Crippen molar-refractivity contribution in [1.82, 2.24) is 4.90 Å². The van der Waals surface area contributed by atoms with Crippen LogP contribution in [0, 0.1) is 17.8 Å². The number of benzene rings is 4. The number of thioether (sulfide) groups is 1. The van der Waals surface area contributed by atoms with E-state index in [1.807, 2.05) is 55.5 Å². The first-order valence-electron chi connectivity index (χ1n) is 24.0. The third-order valence-electron chi connectivity index (χ3n) is 13.5. The van der Waals surface area contributed by atoms with Crippen LogP contribution in [0.3, 0.4) is 0 Å². The molecule has 4 aliphatic rings.